The van der Waals surface area contributed by atoms with E-state index in [-0.39, 0.29) is 18.2 Å². The fourth-order valence-electron chi connectivity index (χ4n) is 2.77. The van der Waals surface area contributed by atoms with Crippen LogP contribution in [0.2, 0.25) is 0 Å². The van der Waals surface area contributed by atoms with Gasteiger partial charge >= 0.3 is 6.09 Å². The van der Waals surface area contributed by atoms with E-state index in [0.29, 0.717) is 19.1 Å². The Hall–Kier alpha value is -0.290. The van der Waals surface area contributed by atoms with Gasteiger partial charge in [-0.15, -0.1) is 0 Å². The summed E-state index contributed by atoms with van der Waals surface area (Å²) in [4.78, 5) is 14.2. The first kappa shape index (κ1) is 14.1. The first-order chi connectivity index (χ1) is 8.40. The van der Waals surface area contributed by atoms with Gasteiger partial charge in [-0.25, -0.2) is 4.79 Å². The van der Waals surface area contributed by atoms with Crippen LogP contribution in [0.4, 0.5) is 4.79 Å². The third kappa shape index (κ3) is 3.18. The number of nitrogens with zero attached hydrogens (tertiary/aromatic N) is 1. The molecule has 0 aliphatic carbocycles. The van der Waals surface area contributed by atoms with Crippen LogP contribution >= 0.6 is 15.9 Å². The Labute approximate surface area is 117 Å². The standard InChI is InChI=1S/C13H22BrNO3/c1-13(2,3)18-12(16)15-10-4-9(6-14)5-11(15)8-17-7-10/h9-11H,4-8H2,1-3H3. The summed E-state index contributed by atoms with van der Waals surface area (Å²) in [6, 6.07) is 0.352. The minimum atomic E-state index is -0.432. The molecule has 4 nitrogen and oxygen atoms in total. The molecule has 2 aliphatic heterocycles. The van der Waals surface area contributed by atoms with Crippen LogP contribution in [0, 0.1) is 5.92 Å². The van der Waals surface area contributed by atoms with Gasteiger partial charge in [-0.3, -0.25) is 4.90 Å². The van der Waals surface area contributed by atoms with E-state index < -0.39 is 5.60 Å². The smallest absolute Gasteiger partial charge is 0.410 e. The van der Waals surface area contributed by atoms with E-state index in [1.165, 1.54) is 0 Å². The van der Waals surface area contributed by atoms with Gasteiger partial charge in [0, 0.05) is 5.33 Å². The zero-order valence-electron chi connectivity index (χ0n) is 11.3. The Kier molecular flexibility index (Phi) is 4.22. The van der Waals surface area contributed by atoms with E-state index in [2.05, 4.69) is 15.9 Å². The molecule has 0 spiro atoms. The predicted molar refractivity (Wildman–Crippen MR) is 73.0 cm³/mol. The molecule has 0 radical (unpaired) electrons. The van der Waals surface area contributed by atoms with Crippen LogP contribution in [0.1, 0.15) is 33.6 Å². The fourth-order valence-corrected chi connectivity index (χ4v) is 3.30. The highest BCUT2D eigenvalue weighted by atomic mass is 79.9. The van der Waals surface area contributed by atoms with Gasteiger partial charge in [-0.1, -0.05) is 15.9 Å². The molecule has 2 atom stereocenters. The van der Waals surface area contributed by atoms with Crippen molar-refractivity contribution in [3.05, 3.63) is 0 Å². The minimum absolute atomic E-state index is 0.176. The lowest BCUT2D eigenvalue weighted by Crippen LogP contribution is -2.60. The number of hydrogen-bond donors (Lipinski definition) is 0. The van der Waals surface area contributed by atoms with Crippen molar-refractivity contribution in [2.45, 2.75) is 51.3 Å². The maximum atomic E-state index is 12.3. The van der Waals surface area contributed by atoms with Gasteiger partial charge in [0.25, 0.3) is 0 Å². The van der Waals surface area contributed by atoms with Crippen molar-refractivity contribution in [3.63, 3.8) is 0 Å². The lowest BCUT2D eigenvalue weighted by molar-refractivity contribution is -0.0873. The number of morpholine rings is 1. The van der Waals surface area contributed by atoms with Crippen molar-refractivity contribution >= 4 is 22.0 Å². The average Bonchev–Trinajstić information content (AvgIpc) is 2.24. The van der Waals surface area contributed by atoms with Gasteiger partial charge in [0.05, 0.1) is 25.3 Å². The van der Waals surface area contributed by atoms with Crippen molar-refractivity contribution in [2.24, 2.45) is 5.92 Å². The van der Waals surface area contributed by atoms with Gasteiger partial charge in [0.15, 0.2) is 0 Å². The fraction of sp³-hybridized carbons (Fsp3) is 0.923. The Bertz CT molecular complexity index is 302. The monoisotopic (exact) mass is 319 g/mol. The summed E-state index contributed by atoms with van der Waals surface area (Å²) in [5.41, 5.74) is -0.432. The summed E-state index contributed by atoms with van der Waals surface area (Å²) in [5, 5.41) is 1.00. The zero-order chi connectivity index (χ0) is 13.3. The molecule has 2 heterocycles. The largest absolute Gasteiger partial charge is 0.444 e. The summed E-state index contributed by atoms with van der Waals surface area (Å²) >= 11 is 3.55. The highest BCUT2D eigenvalue weighted by Crippen LogP contribution is 2.33. The molecule has 104 valence electrons. The summed E-state index contributed by atoms with van der Waals surface area (Å²) in [6.45, 7) is 6.99. The van der Waals surface area contributed by atoms with Crippen molar-refractivity contribution in [1.82, 2.24) is 4.90 Å². The van der Waals surface area contributed by atoms with Crippen molar-refractivity contribution in [1.29, 1.82) is 0 Å². The maximum Gasteiger partial charge on any atom is 0.410 e. The molecular formula is C13H22BrNO3. The number of ether oxygens (including phenoxy) is 2. The van der Waals surface area contributed by atoms with Crippen LogP contribution in [-0.4, -0.2) is 47.2 Å². The molecule has 2 unspecified atom stereocenters. The first-order valence-corrected chi connectivity index (χ1v) is 7.68. The predicted octanol–water partition coefficient (Wildman–Crippen LogP) is 2.80. The van der Waals surface area contributed by atoms with Gasteiger partial charge in [-0.2, -0.15) is 0 Å². The molecule has 0 saturated carbocycles. The van der Waals surface area contributed by atoms with E-state index in [0.717, 1.165) is 18.2 Å². The van der Waals surface area contributed by atoms with Gasteiger partial charge in [0.1, 0.15) is 5.60 Å². The Balaban J connectivity index is 2.06. The number of piperidine rings is 1. The first-order valence-electron chi connectivity index (χ1n) is 6.55. The Morgan fingerprint density at radius 1 is 1.33 bits per heavy atom. The van der Waals surface area contributed by atoms with Gasteiger partial charge in [0.2, 0.25) is 0 Å². The van der Waals surface area contributed by atoms with Crippen LogP contribution in [0.25, 0.3) is 0 Å². The number of halogens is 1. The lowest BCUT2D eigenvalue weighted by atomic mass is 9.86. The molecule has 5 heteroatoms. The third-order valence-electron chi connectivity index (χ3n) is 3.44. The summed E-state index contributed by atoms with van der Waals surface area (Å²) < 4.78 is 11.1. The van der Waals surface area contributed by atoms with E-state index >= 15 is 0 Å². The topological polar surface area (TPSA) is 38.8 Å². The van der Waals surface area contributed by atoms with Crippen LogP contribution in [-0.2, 0) is 9.47 Å². The Morgan fingerprint density at radius 3 is 2.33 bits per heavy atom. The normalized spacial score (nSPS) is 32.2. The van der Waals surface area contributed by atoms with Crippen LogP contribution in [0.3, 0.4) is 0 Å². The SMILES string of the molecule is CC(C)(C)OC(=O)N1C2COCC1CC(CBr)C2. The Morgan fingerprint density at radius 2 is 1.89 bits per heavy atom. The summed E-state index contributed by atoms with van der Waals surface area (Å²) in [6.07, 6.45) is 1.82. The quantitative estimate of drug-likeness (QED) is 0.698. The van der Waals surface area contributed by atoms with E-state index in [1.807, 2.05) is 25.7 Å². The molecule has 2 bridgehead atoms. The maximum absolute atomic E-state index is 12.3. The molecule has 1 amide bonds. The summed E-state index contributed by atoms with van der Waals surface area (Å²) in [5.74, 6) is 0.641. The number of carbonyl (C=O) groups is 1. The van der Waals surface area contributed by atoms with Crippen molar-refractivity contribution in [3.8, 4) is 0 Å². The molecule has 0 N–H and O–H groups in total. The number of amides is 1. The van der Waals surface area contributed by atoms with E-state index in [9.17, 15) is 4.79 Å². The molecule has 18 heavy (non-hydrogen) atoms. The number of hydrogen-bond acceptors (Lipinski definition) is 3. The zero-order valence-corrected chi connectivity index (χ0v) is 12.9. The number of carbonyl (C=O) groups excluding carboxylic acids is 1. The molecule has 2 fully saturated rings. The lowest BCUT2D eigenvalue weighted by Gasteiger charge is -2.48. The molecule has 0 aromatic rings. The van der Waals surface area contributed by atoms with Crippen LogP contribution < -0.4 is 0 Å². The number of fused-ring (bicyclic) bond motifs is 2. The van der Waals surface area contributed by atoms with Crippen LogP contribution in [0.15, 0.2) is 0 Å². The minimum Gasteiger partial charge on any atom is -0.444 e. The van der Waals surface area contributed by atoms with Crippen molar-refractivity contribution < 1.29 is 14.3 Å². The highest BCUT2D eigenvalue weighted by molar-refractivity contribution is 9.09. The second-order valence-electron chi connectivity index (χ2n) is 6.22. The molecular weight excluding hydrogens is 298 g/mol. The number of rotatable bonds is 1. The van der Waals surface area contributed by atoms with Crippen LogP contribution in [0.5, 0.6) is 0 Å². The molecule has 2 rings (SSSR count). The molecule has 0 aromatic heterocycles. The second-order valence-corrected chi connectivity index (χ2v) is 6.87. The summed E-state index contributed by atoms with van der Waals surface area (Å²) in [7, 11) is 0. The highest BCUT2D eigenvalue weighted by Gasteiger charge is 2.42. The molecule has 2 saturated heterocycles. The third-order valence-corrected chi connectivity index (χ3v) is 4.36. The van der Waals surface area contributed by atoms with Gasteiger partial charge < -0.3 is 9.47 Å². The van der Waals surface area contributed by atoms with E-state index in [4.69, 9.17) is 9.47 Å². The van der Waals surface area contributed by atoms with Crippen molar-refractivity contribution in [2.75, 3.05) is 18.5 Å². The second kappa shape index (κ2) is 5.37. The molecule has 0 aromatic carbocycles. The van der Waals surface area contributed by atoms with Gasteiger partial charge in [-0.05, 0) is 39.5 Å². The van der Waals surface area contributed by atoms with E-state index in [1.54, 1.807) is 0 Å². The average molecular weight is 320 g/mol. The molecule has 2 aliphatic rings. The number of alkyl halides is 1.